The van der Waals surface area contributed by atoms with Gasteiger partial charge in [-0.3, -0.25) is 4.79 Å². The first-order chi connectivity index (χ1) is 12.2. The fourth-order valence-corrected chi connectivity index (χ4v) is 5.25. The number of hydrogen-bond donors (Lipinski definition) is 0. The molecule has 0 N–H and O–H groups in total. The van der Waals surface area contributed by atoms with Gasteiger partial charge < -0.3 is 4.74 Å². The third-order valence-corrected chi connectivity index (χ3v) is 6.64. The van der Waals surface area contributed by atoms with Crippen molar-refractivity contribution in [1.82, 2.24) is 0 Å². The monoisotopic (exact) mass is 342 g/mol. The molecule has 0 atom stereocenters. The van der Waals surface area contributed by atoms with Gasteiger partial charge in [0.05, 0.1) is 0 Å². The van der Waals surface area contributed by atoms with Crippen molar-refractivity contribution in [3.05, 3.63) is 29.8 Å². The first kappa shape index (κ1) is 18.5. The molecule has 0 aromatic heterocycles. The van der Waals surface area contributed by atoms with Crippen LogP contribution in [0.25, 0.3) is 0 Å². The van der Waals surface area contributed by atoms with Gasteiger partial charge in [-0.15, -0.1) is 0 Å². The first-order valence-corrected chi connectivity index (χ1v) is 10.4. The minimum atomic E-state index is -0.248. The van der Waals surface area contributed by atoms with Crippen LogP contribution in [0.3, 0.4) is 0 Å². The zero-order chi connectivity index (χ0) is 17.6. The smallest absolute Gasteiger partial charge is 0.308 e. The predicted octanol–water partition coefficient (Wildman–Crippen LogP) is 6.49. The lowest BCUT2D eigenvalue weighted by Gasteiger charge is -2.38. The summed E-state index contributed by atoms with van der Waals surface area (Å²) in [5.74, 6) is 4.10. The van der Waals surface area contributed by atoms with Gasteiger partial charge in [0, 0.05) is 6.92 Å². The van der Waals surface area contributed by atoms with Crippen LogP contribution in [0, 0.1) is 17.8 Å². The van der Waals surface area contributed by atoms with E-state index in [9.17, 15) is 4.79 Å². The van der Waals surface area contributed by atoms with Crippen molar-refractivity contribution in [3.8, 4) is 5.75 Å². The lowest BCUT2D eigenvalue weighted by Crippen LogP contribution is -2.25. The molecular weight excluding hydrogens is 308 g/mol. The van der Waals surface area contributed by atoms with E-state index >= 15 is 0 Å². The quantitative estimate of drug-likeness (QED) is 0.451. The topological polar surface area (TPSA) is 26.3 Å². The molecule has 0 unspecified atom stereocenters. The van der Waals surface area contributed by atoms with Crippen molar-refractivity contribution in [2.75, 3.05) is 0 Å². The molecule has 0 aliphatic heterocycles. The zero-order valence-corrected chi connectivity index (χ0v) is 16.0. The highest BCUT2D eigenvalue weighted by Gasteiger charge is 2.31. The van der Waals surface area contributed by atoms with Crippen molar-refractivity contribution >= 4 is 5.97 Å². The van der Waals surface area contributed by atoms with E-state index < -0.39 is 0 Å². The van der Waals surface area contributed by atoms with Crippen LogP contribution in [0.5, 0.6) is 5.75 Å². The van der Waals surface area contributed by atoms with Gasteiger partial charge >= 0.3 is 5.97 Å². The summed E-state index contributed by atoms with van der Waals surface area (Å²) in [5, 5.41) is 0. The zero-order valence-electron chi connectivity index (χ0n) is 16.0. The number of esters is 1. The van der Waals surface area contributed by atoms with Crippen molar-refractivity contribution in [1.29, 1.82) is 0 Å². The highest BCUT2D eigenvalue weighted by Crippen LogP contribution is 2.44. The molecule has 3 rings (SSSR count). The second-order valence-electron chi connectivity index (χ2n) is 8.34. The molecule has 138 valence electrons. The molecule has 2 aliphatic carbocycles. The van der Waals surface area contributed by atoms with Gasteiger partial charge in [0.2, 0.25) is 0 Å². The molecule has 0 bridgehead atoms. The van der Waals surface area contributed by atoms with E-state index in [4.69, 9.17) is 4.74 Å². The Morgan fingerprint density at radius 3 is 2.00 bits per heavy atom. The van der Waals surface area contributed by atoms with Crippen LogP contribution in [0.1, 0.15) is 89.5 Å². The molecule has 0 saturated heterocycles. The van der Waals surface area contributed by atoms with E-state index in [1.54, 1.807) is 0 Å². The van der Waals surface area contributed by atoms with Crippen molar-refractivity contribution in [3.63, 3.8) is 0 Å². The van der Waals surface area contributed by atoms with E-state index in [0.717, 1.165) is 17.8 Å². The van der Waals surface area contributed by atoms with Gasteiger partial charge in [0.15, 0.2) is 0 Å². The van der Waals surface area contributed by atoms with Crippen LogP contribution in [0.15, 0.2) is 24.3 Å². The van der Waals surface area contributed by atoms with Crippen LogP contribution in [0.4, 0.5) is 0 Å². The Hall–Kier alpha value is -1.31. The fourth-order valence-electron chi connectivity index (χ4n) is 5.25. The maximum Gasteiger partial charge on any atom is 0.308 e. The maximum atomic E-state index is 11.0. The largest absolute Gasteiger partial charge is 0.427 e. The second-order valence-corrected chi connectivity index (χ2v) is 8.34. The van der Waals surface area contributed by atoms with E-state index in [1.165, 1.54) is 76.7 Å². The van der Waals surface area contributed by atoms with Gasteiger partial charge in [0.25, 0.3) is 0 Å². The lowest BCUT2D eigenvalue weighted by molar-refractivity contribution is -0.131. The van der Waals surface area contributed by atoms with Gasteiger partial charge in [-0.1, -0.05) is 44.7 Å². The molecule has 2 saturated carbocycles. The Morgan fingerprint density at radius 1 is 0.920 bits per heavy atom. The van der Waals surface area contributed by atoms with Gasteiger partial charge in [-0.05, 0) is 79.9 Å². The molecule has 1 aromatic carbocycles. The summed E-state index contributed by atoms with van der Waals surface area (Å²) in [7, 11) is 0. The number of hydrogen-bond acceptors (Lipinski definition) is 2. The summed E-state index contributed by atoms with van der Waals surface area (Å²) < 4.78 is 5.14. The minimum absolute atomic E-state index is 0.248. The van der Waals surface area contributed by atoms with Crippen molar-refractivity contribution in [2.45, 2.75) is 84.0 Å². The number of rotatable bonds is 5. The predicted molar refractivity (Wildman–Crippen MR) is 103 cm³/mol. The number of ether oxygens (including phenoxy) is 1. The van der Waals surface area contributed by atoms with Crippen LogP contribution >= 0.6 is 0 Å². The van der Waals surface area contributed by atoms with E-state index in [2.05, 4.69) is 19.1 Å². The van der Waals surface area contributed by atoms with Crippen molar-refractivity contribution < 1.29 is 9.53 Å². The molecule has 2 aliphatic rings. The highest BCUT2D eigenvalue weighted by atomic mass is 16.5. The SMILES string of the molecule is CCCC1CCC(C2CCC(c3ccc(OC(C)=O)cc3)CC2)CC1. The second kappa shape index (κ2) is 8.87. The summed E-state index contributed by atoms with van der Waals surface area (Å²) in [4.78, 5) is 11.0. The summed E-state index contributed by atoms with van der Waals surface area (Å²) in [6, 6.07) is 8.19. The summed E-state index contributed by atoms with van der Waals surface area (Å²) >= 11 is 0. The van der Waals surface area contributed by atoms with Gasteiger partial charge in [-0.25, -0.2) is 0 Å². The summed E-state index contributed by atoms with van der Waals surface area (Å²) in [6.07, 6.45) is 14.2. The third kappa shape index (κ3) is 5.09. The number of carbonyl (C=O) groups is 1. The Balaban J connectivity index is 1.46. The maximum absolute atomic E-state index is 11.0. The third-order valence-electron chi connectivity index (χ3n) is 6.64. The van der Waals surface area contributed by atoms with Gasteiger partial charge in [0.1, 0.15) is 5.75 Å². The molecule has 0 spiro atoms. The molecule has 2 heteroatoms. The Morgan fingerprint density at radius 2 is 1.48 bits per heavy atom. The average Bonchev–Trinajstić information content (AvgIpc) is 2.63. The summed E-state index contributed by atoms with van der Waals surface area (Å²) in [6.45, 7) is 3.77. The highest BCUT2D eigenvalue weighted by molar-refractivity contribution is 5.69. The number of benzene rings is 1. The molecule has 1 aromatic rings. The van der Waals surface area contributed by atoms with E-state index in [0.29, 0.717) is 11.7 Å². The fraction of sp³-hybridized carbons (Fsp3) is 0.696. The lowest BCUT2D eigenvalue weighted by atomic mass is 9.68. The standard InChI is InChI=1S/C23H34O2/c1-3-4-18-5-7-19(8-6-18)20-9-11-21(12-10-20)22-13-15-23(16-14-22)25-17(2)24/h13-16,18-21H,3-12H2,1-2H3. The van der Waals surface area contributed by atoms with Crippen molar-refractivity contribution in [2.24, 2.45) is 17.8 Å². The molecule has 2 nitrogen and oxygen atoms in total. The van der Waals surface area contributed by atoms with Crippen LogP contribution in [-0.2, 0) is 4.79 Å². The van der Waals surface area contributed by atoms with Crippen LogP contribution in [-0.4, -0.2) is 5.97 Å². The Labute approximate surface area is 153 Å². The Kier molecular flexibility index (Phi) is 6.56. The van der Waals surface area contributed by atoms with Crippen LogP contribution in [0.2, 0.25) is 0 Å². The van der Waals surface area contributed by atoms with Gasteiger partial charge in [-0.2, -0.15) is 0 Å². The molecular formula is C23H34O2. The molecule has 2 fully saturated rings. The Bertz CT molecular complexity index is 532. The molecule has 25 heavy (non-hydrogen) atoms. The van der Waals surface area contributed by atoms with E-state index in [1.807, 2.05) is 12.1 Å². The van der Waals surface area contributed by atoms with E-state index in [-0.39, 0.29) is 5.97 Å². The average molecular weight is 343 g/mol. The molecule has 0 amide bonds. The molecule has 0 heterocycles. The first-order valence-electron chi connectivity index (χ1n) is 10.4. The summed E-state index contributed by atoms with van der Waals surface area (Å²) in [5.41, 5.74) is 1.42. The minimum Gasteiger partial charge on any atom is -0.427 e. The molecule has 0 radical (unpaired) electrons. The number of carbonyl (C=O) groups excluding carboxylic acids is 1. The normalized spacial score (nSPS) is 30.0. The van der Waals surface area contributed by atoms with Crippen LogP contribution < -0.4 is 4.74 Å².